The molecule has 0 saturated carbocycles. The lowest BCUT2D eigenvalue weighted by atomic mass is 9.98. The first-order valence-corrected chi connectivity index (χ1v) is 11.4. The van der Waals surface area contributed by atoms with Gasteiger partial charge in [0.15, 0.2) is 5.43 Å². The minimum absolute atomic E-state index is 0.0886. The average Bonchev–Trinajstić information content (AvgIpc) is 3.03. The number of rotatable bonds is 2. The minimum atomic E-state index is -0.582. The average molecular weight is 590 g/mol. The van der Waals surface area contributed by atoms with Crippen molar-refractivity contribution in [3.05, 3.63) is 107 Å². The second kappa shape index (κ2) is 7.48. The van der Waals surface area contributed by atoms with Gasteiger partial charge >= 0.3 is 0 Å². The summed E-state index contributed by atoms with van der Waals surface area (Å²) < 4.78 is 8.57. The van der Waals surface area contributed by atoms with Gasteiger partial charge in [-0.25, -0.2) is 0 Å². The molecule has 0 spiro atoms. The third-order valence-corrected chi connectivity index (χ3v) is 6.67. The summed E-state index contributed by atoms with van der Waals surface area (Å²) in [5, 5.41) is 0.440. The molecule has 7 heteroatoms. The van der Waals surface area contributed by atoms with Crippen LogP contribution in [0.5, 0.6) is 0 Å². The van der Waals surface area contributed by atoms with E-state index in [0.717, 1.165) is 19.0 Å². The van der Waals surface area contributed by atoms with Crippen molar-refractivity contribution in [1.29, 1.82) is 0 Å². The Morgan fingerprint density at radius 1 is 0.767 bits per heavy atom. The molecule has 3 aromatic carbocycles. The molecular weight excluding hydrogens is 578 g/mol. The fraction of sp³-hybridized carbons (Fsp3) is 0.0435. The van der Waals surface area contributed by atoms with E-state index < -0.39 is 6.04 Å². The fourth-order valence-corrected chi connectivity index (χ4v) is 4.66. The van der Waals surface area contributed by atoms with Gasteiger partial charge in [-0.2, -0.15) is 0 Å². The summed E-state index contributed by atoms with van der Waals surface area (Å²) in [7, 11) is 0. The lowest BCUT2D eigenvalue weighted by molar-refractivity contribution is 0.0971. The molecule has 1 atom stereocenters. The van der Waals surface area contributed by atoms with E-state index in [1.54, 1.807) is 23.1 Å². The molecule has 0 fully saturated rings. The van der Waals surface area contributed by atoms with Crippen molar-refractivity contribution < 1.29 is 9.21 Å². The Morgan fingerprint density at radius 2 is 1.37 bits per heavy atom. The predicted octanol–water partition coefficient (Wildman–Crippen LogP) is 6.83. The van der Waals surface area contributed by atoms with Crippen molar-refractivity contribution in [2.75, 3.05) is 4.90 Å². The number of hydrogen-bond acceptors (Lipinski definition) is 3. The van der Waals surface area contributed by atoms with E-state index in [2.05, 4.69) is 47.8 Å². The zero-order valence-electron chi connectivity index (χ0n) is 15.2. The highest BCUT2D eigenvalue weighted by atomic mass is 79.9. The van der Waals surface area contributed by atoms with Gasteiger partial charge in [-0.05, 0) is 60.2 Å². The first-order valence-electron chi connectivity index (χ1n) is 9.05. The lowest BCUT2D eigenvalue weighted by Gasteiger charge is -2.25. The van der Waals surface area contributed by atoms with Gasteiger partial charge in [0.25, 0.3) is 5.91 Å². The molecule has 1 aliphatic heterocycles. The molecule has 1 amide bonds. The van der Waals surface area contributed by atoms with Gasteiger partial charge in [0.2, 0.25) is 5.76 Å². The van der Waals surface area contributed by atoms with Crippen molar-refractivity contribution in [2.45, 2.75) is 6.04 Å². The molecular formula is C23H12Br3NO3. The Bertz CT molecular complexity index is 1360. The van der Waals surface area contributed by atoms with Crippen molar-refractivity contribution in [3.63, 3.8) is 0 Å². The van der Waals surface area contributed by atoms with Gasteiger partial charge in [-0.1, -0.05) is 59.9 Å². The monoisotopic (exact) mass is 587 g/mol. The van der Waals surface area contributed by atoms with Crippen LogP contribution in [0.15, 0.2) is 89.4 Å². The molecule has 0 radical (unpaired) electrons. The molecule has 1 aromatic heterocycles. The van der Waals surface area contributed by atoms with Gasteiger partial charge in [0, 0.05) is 19.1 Å². The van der Waals surface area contributed by atoms with Crippen molar-refractivity contribution in [2.24, 2.45) is 0 Å². The SMILES string of the molecule is O=C1c2oc3ccc(Br)cc3c(=O)c2C(c2ccc(Br)cc2)N1c1ccc(Br)cc1. The summed E-state index contributed by atoms with van der Waals surface area (Å²) in [5.74, 6) is -0.243. The van der Waals surface area contributed by atoms with E-state index in [0.29, 0.717) is 22.2 Å². The van der Waals surface area contributed by atoms with Crippen LogP contribution < -0.4 is 10.3 Å². The summed E-state index contributed by atoms with van der Waals surface area (Å²) in [4.78, 5) is 28.6. The van der Waals surface area contributed by atoms with Crippen LogP contribution in [0.4, 0.5) is 5.69 Å². The number of carbonyl (C=O) groups is 1. The maximum absolute atomic E-state index is 13.5. The van der Waals surface area contributed by atoms with Crippen LogP contribution in [-0.2, 0) is 0 Å². The molecule has 0 saturated heterocycles. The number of fused-ring (bicyclic) bond motifs is 2. The quantitative estimate of drug-likeness (QED) is 0.257. The first-order chi connectivity index (χ1) is 14.4. The second-order valence-electron chi connectivity index (χ2n) is 6.92. The number of amides is 1. The van der Waals surface area contributed by atoms with E-state index in [1.807, 2.05) is 48.5 Å². The van der Waals surface area contributed by atoms with Crippen LogP contribution in [0.3, 0.4) is 0 Å². The molecule has 1 aliphatic rings. The van der Waals surface area contributed by atoms with Gasteiger partial charge in [0.05, 0.1) is 17.0 Å². The molecule has 5 rings (SSSR count). The van der Waals surface area contributed by atoms with Crippen LogP contribution in [0, 0.1) is 0 Å². The van der Waals surface area contributed by atoms with Crippen LogP contribution in [0.1, 0.15) is 27.7 Å². The molecule has 30 heavy (non-hydrogen) atoms. The third kappa shape index (κ3) is 3.16. The summed E-state index contributed by atoms with van der Waals surface area (Å²) in [6.07, 6.45) is 0. The number of halogens is 3. The molecule has 2 heterocycles. The second-order valence-corrected chi connectivity index (χ2v) is 9.67. The first kappa shape index (κ1) is 19.7. The molecule has 0 N–H and O–H groups in total. The number of anilines is 1. The van der Waals surface area contributed by atoms with E-state index in [-0.39, 0.29) is 17.1 Å². The Labute approximate surface area is 196 Å². The summed E-state index contributed by atoms with van der Waals surface area (Å²) in [6, 6.07) is 19.7. The zero-order chi connectivity index (χ0) is 21.0. The molecule has 4 nitrogen and oxygen atoms in total. The zero-order valence-corrected chi connectivity index (χ0v) is 20.0. The molecule has 1 unspecified atom stereocenters. The van der Waals surface area contributed by atoms with E-state index in [4.69, 9.17) is 4.42 Å². The van der Waals surface area contributed by atoms with Crippen molar-refractivity contribution in [1.82, 2.24) is 0 Å². The van der Waals surface area contributed by atoms with Crippen LogP contribution >= 0.6 is 47.8 Å². The maximum atomic E-state index is 13.5. The molecule has 4 aromatic rings. The summed E-state index contributed by atoms with van der Waals surface area (Å²) in [6.45, 7) is 0. The summed E-state index contributed by atoms with van der Waals surface area (Å²) >= 11 is 10.3. The molecule has 148 valence electrons. The van der Waals surface area contributed by atoms with Gasteiger partial charge in [-0.3, -0.25) is 14.5 Å². The fourth-order valence-electron chi connectivity index (χ4n) is 3.77. The highest BCUT2D eigenvalue weighted by molar-refractivity contribution is 9.11. The van der Waals surface area contributed by atoms with E-state index >= 15 is 0 Å². The predicted molar refractivity (Wildman–Crippen MR) is 127 cm³/mol. The highest BCUT2D eigenvalue weighted by Gasteiger charge is 2.43. The van der Waals surface area contributed by atoms with Gasteiger partial charge < -0.3 is 4.42 Å². The normalized spacial score (nSPS) is 15.6. The van der Waals surface area contributed by atoms with Gasteiger partial charge in [0.1, 0.15) is 5.58 Å². The Morgan fingerprint density at radius 3 is 2.03 bits per heavy atom. The smallest absolute Gasteiger partial charge is 0.295 e. The minimum Gasteiger partial charge on any atom is -0.450 e. The highest BCUT2D eigenvalue weighted by Crippen LogP contribution is 2.41. The Kier molecular flexibility index (Phi) is 4.92. The largest absolute Gasteiger partial charge is 0.450 e. The van der Waals surface area contributed by atoms with Crippen molar-refractivity contribution in [3.8, 4) is 0 Å². The third-order valence-electron chi connectivity index (χ3n) is 5.12. The number of nitrogens with zero attached hydrogens (tertiary/aromatic N) is 1. The molecule has 0 bridgehead atoms. The standard InChI is InChI=1S/C23H12Br3NO3/c24-13-3-1-12(2-4-13)20-19-21(28)17-11-15(26)7-10-18(17)30-22(19)23(29)27(20)16-8-5-14(25)6-9-16/h1-11,20H. The summed E-state index contributed by atoms with van der Waals surface area (Å²) in [5.41, 5.74) is 2.06. The van der Waals surface area contributed by atoms with Crippen LogP contribution in [0.25, 0.3) is 11.0 Å². The van der Waals surface area contributed by atoms with Gasteiger partial charge in [-0.15, -0.1) is 0 Å². The number of carbonyl (C=O) groups excluding carboxylic acids is 1. The van der Waals surface area contributed by atoms with E-state index in [1.165, 1.54) is 0 Å². The van der Waals surface area contributed by atoms with Crippen molar-refractivity contribution >= 4 is 70.4 Å². The van der Waals surface area contributed by atoms with Crippen LogP contribution in [-0.4, -0.2) is 5.91 Å². The van der Waals surface area contributed by atoms with E-state index in [9.17, 15) is 9.59 Å². The maximum Gasteiger partial charge on any atom is 0.295 e. The number of hydrogen-bond donors (Lipinski definition) is 0. The molecule has 0 aliphatic carbocycles. The number of benzene rings is 3. The Balaban J connectivity index is 1.81. The Hall–Kier alpha value is -2.22. The lowest BCUT2D eigenvalue weighted by Crippen LogP contribution is -2.29. The topological polar surface area (TPSA) is 50.5 Å². The van der Waals surface area contributed by atoms with Crippen LogP contribution in [0.2, 0.25) is 0 Å².